The normalized spacial score (nSPS) is 11.1. The number of nitrogens with zero attached hydrogens (tertiary/aromatic N) is 2. The Morgan fingerprint density at radius 1 is 1.21 bits per heavy atom. The molecule has 0 aliphatic rings. The highest BCUT2D eigenvalue weighted by Gasteiger charge is 2.11. The molecule has 1 aromatic carbocycles. The zero-order valence-electron chi connectivity index (χ0n) is 11.0. The van der Waals surface area contributed by atoms with Gasteiger partial charge < -0.3 is 5.73 Å². The minimum atomic E-state index is 0.569. The molecule has 3 rings (SSSR count). The third-order valence-corrected chi connectivity index (χ3v) is 4.38. The van der Waals surface area contributed by atoms with Crippen molar-refractivity contribution in [3.8, 4) is 11.4 Å². The second-order valence-corrected chi connectivity index (χ2v) is 5.65. The fourth-order valence-electron chi connectivity index (χ4n) is 2.11. The first-order valence-electron chi connectivity index (χ1n) is 6.31. The van der Waals surface area contributed by atoms with E-state index < -0.39 is 0 Å². The lowest BCUT2D eigenvalue weighted by Crippen LogP contribution is -1.97. The SMILES string of the molecule is CCc1cc2c(N)nc(-c3ccccc3C)nc2s1. The number of aromatic nitrogens is 2. The van der Waals surface area contributed by atoms with Gasteiger partial charge in [0.05, 0.1) is 5.39 Å². The smallest absolute Gasteiger partial charge is 0.163 e. The van der Waals surface area contributed by atoms with Gasteiger partial charge in [-0.3, -0.25) is 0 Å². The van der Waals surface area contributed by atoms with Crippen LogP contribution in [0.1, 0.15) is 17.4 Å². The zero-order chi connectivity index (χ0) is 13.4. The molecule has 4 heteroatoms. The molecule has 2 aromatic heterocycles. The molecule has 0 radical (unpaired) electrons. The highest BCUT2D eigenvalue weighted by Crippen LogP contribution is 2.30. The van der Waals surface area contributed by atoms with Crippen LogP contribution < -0.4 is 5.73 Å². The summed E-state index contributed by atoms with van der Waals surface area (Å²) < 4.78 is 0. The molecule has 3 aromatic rings. The van der Waals surface area contributed by atoms with Crippen LogP contribution in [0.4, 0.5) is 5.82 Å². The molecule has 0 spiro atoms. The van der Waals surface area contributed by atoms with Crippen LogP contribution in [0.3, 0.4) is 0 Å². The Kier molecular flexibility index (Phi) is 2.95. The van der Waals surface area contributed by atoms with Gasteiger partial charge in [0.25, 0.3) is 0 Å². The van der Waals surface area contributed by atoms with Crippen molar-refractivity contribution in [2.75, 3.05) is 5.73 Å². The molecule has 0 aliphatic heterocycles. The van der Waals surface area contributed by atoms with E-state index in [2.05, 4.69) is 35.9 Å². The van der Waals surface area contributed by atoms with Gasteiger partial charge in [0, 0.05) is 10.4 Å². The molecular weight excluding hydrogens is 254 g/mol. The van der Waals surface area contributed by atoms with E-state index in [0.29, 0.717) is 11.6 Å². The lowest BCUT2D eigenvalue weighted by molar-refractivity contribution is 1.19. The van der Waals surface area contributed by atoms with Gasteiger partial charge in [0.1, 0.15) is 10.6 Å². The summed E-state index contributed by atoms with van der Waals surface area (Å²) in [5.41, 5.74) is 8.27. The molecule has 2 heterocycles. The standard InChI is InChI=1S/C15H15N3S/c1-3-10-8-12-13(16)17-14(18-15(12)19-10)11-7-5-4-6-9(11)2/h4-8H,3H2,1-2H3,(H2,16,17,18). The van der Waals surface area contributed by atoms with Gasteiger partial charge in [-0.25, -0.2) is 9.97 Å². The number of thiophene rings is 1. The summed E-state index contributed by atoms with van der Waals surface area (Å²) in [5.74, 6) is 1.28. The van der Waals surface area contributed by atoms with Crippen LogP contribution in [0.5, 0.6) is 0 Å². The predicted molar refractivity (Wildman–Crippen MR) is 81.4 cm³/mol. The molecule has 96 valence electrons. The average molecular weight is 269 g/mol. The van der Waals surface area contributed by atoms with Crippen molar-refractivity contribution in [1.29, 1.82) is 0 Å². The molecule has 0 amide bonds. The Morgan fingerprint density at radius 2 is 2.00 bits per heavy atom. The summed E-state index contributed by atoms with van der Waals surface area (Å²) >= 11 is 1.70. The largest absolute Gasteiger partial charge is 0.383 e. The Bertz CT molecular complexity index is 746. The monoisotopic (exact) mass is 269 g/mol. The number of aryl methyl sites for hydroxylation is 2. The molecule has 0 fully saturated rings. The summed E-state index contributed by atoms with van der Waals surface area (Å²) in [6.07, 6.45) is 1.00. The van der Waals surface area contributed by atoms with Crippen molar-refractivity contribution in [3.05, 3.63) is 40.8 Å². The molecule has 19 heavy (non-hydrogen) atoms. The molecule has 0 atom stereocenters. The third-order valence-electron chi connectivity index (χ3n) is 3.21. The van der Waals surface area contributed by atoms with Crippen LogP contribution in [0, 0.1) is 6.92 Å². The highest BCUT2D eigenvalue weighted by atomic mass is 32.1. The van der Waals surface area contributed by atoms with Gasteiger partial charge >= 0.3 is 0 Å². The minimum Gasteiger partial charge on any atom is -0.383 e. The Hall–Kier alpha value is -1.94. The van der Waals surface area contributed by atoms with Crippen molar-refractivity contribution in [3.63, 3.8) is 0 Å². The summed E-state index contributed by atoms with van der Waals surface area (Å²) in [7, 11) is 0. The predicted octanol–water partition coefficient (Wildman–Crippen LogP) is 3.81. The molecule has 0 unspecified atom stereocenters. The minimum absolute atomic E-state index is 0.569. The lowest BCUT2D eigenvalue weighted by Gasteiger charge is -2.05. The summed E-state index contributed by atoms with van der Waals surface area (Å²) in [6.45, 7) is 4.20. The number of anilines is 1. The van der Waals surface area contributed by atoms with Gasteiger partial charge in [-0.15, -0.1) is 11.3 Å². The number of benzene rings is 1. The highest BCUT2D eigenvalue weighted by molar-refractivity contribution is 7.18. The third kappa shape index (κ3) is 2.08. The number of hydrogen-bond donors (Lipinski definition) is 1. The van der Waals surface area contributed by atoms with E-state index in [-0.39, 0.29) is 0 Å². The van der Waals surface area contributed by atoms with E-state index in [4.69, 9.17) is 5.73 Å². The van der Waals surface area contributed by atoms with Crippen LogP contribution in [0.25, 0.3) is 21.6 Å². The van der Waals surface area contributed by atoms with E-state index in [9.17, 15) is 0 Å². The van der Waals surface area contributed by atoms with Crippen molar-refractivity contribution >= 4 is 27.4 Å². The zero-order valence-corrected chi connectivity index (χ0v) is 11.8. The molecular formula is C15H15N3S. The number of nitrogens with two attached hydrogens (primary N) is 1. The van der Waals surface area contributed by atoms with Gasteiger partial charge in [0.2, 0.25) is 0 Å². The van der Waals surface area contributed by atoms with E-state index >= 15 is 0 Å². The first-order chi connectivity index (χ1) is 9.19. The Balaban J connectivity index is 2.23. The van der Waals surface area contributed by atoms with Crippen LogP contribution in [-0.2, 0) is 6.42 Å². The Morgan fingerprint density at radius 3 is 2.74 bits per heavy atom. The van der Waals surface area contributed by atoms with E-state index in [0.717, 1.165) is 27.8 Å². The van der Waals surface area contributed by atoms with Gasteiger partial charge in [-0.1, -0.05) is 31.2 Å². The molecule has 2 N–H and O–H groups in total. The number of fused-ring (bicyclic) bond motifs is 1. The van der Waals surface area contributed by atoms with E-state index in [1.807, 2.05) is 18.2 Å². The number of nitrogen functional groups attached to an aromatic ring is 1. The number of rotatable bonds is 2. The maximum absolute atomic E-state index is 6.07. The maximum Gasteiger partial charge on any atom is 0.163 e. The fraction of sp³-hybridized carbons (Fsp3) is 0.200. The fourth-order valence-corrected chi connectivity index (χ4v) is 3.09. The van der Waals surface area contributed by atoms with Crippen LogP contribution in [-0.4, -0.2) is 9.97 Å². The Labute approximate surface area is 116 Å². The summed E-state index contributed by atoms with van der Waals surface area (Å²) in [5, 5.41) is 0.971. The first-order valence-corrected chi connectivity index (χ1v) is 7.12. The average Bonchev–Trinajstić information content (AvgIpc) is 2.83. The van der Waals surface area contributed by atoms with Crippen molar-refractivity contribution < 1.29 is 0 Å². The summed E-state index contributed by atoms with van der Waals surface area (Å²) in [6, 6.07) is 10.2. The van der Waals surface area contributed by atoms with Crippen LogP contribution >= 0.6 is 11.3 Å². The van der Waals surface area contributed by atoms with Crippen molar-refractivity contribution in [2.45, 2.75) is 20.3 Å². The molecule has 0 bridgehead atoms. The molecule has 0 aliphatic carbocycles. The lowest BCUT2D eigenvalue weighted by atomic mass is 10.1. The molecule has 0 saturated carbocycles. The molecule has 3 nitrogen and oxygen atoms in total. The van der Waals surface area contributed by atoms with E-state index in [1.165, 1.54) is 4.88 Å². The van der Waals surface area contributed by atoms with Crippen molar-refractivity contribution in [1.82, 2.24) is 9.97 Å². The van der Waals surface area contributed by atoms with Gasteiger partial charge in [0.15, 0.2) is 5.82 Å². The van der Waals surface area contributed by atoms with Crippen molar-refractivity contribution in [2.24, 2.45) is 0 Å². The van der Waals surface area contributed by atoms with Crippen LogP contribution in [0.2, 0.25) is 0 Å². The second-order valence-electron chi connectivity index (χ2n) is 4.53. The van der Waals surface area contributed by atoms with Crippen LogP contribution in [0.15, 0.2) is 30.3 Å². The summed E-state index contributed by atoms with van der Waals surface area (Å²) in [4.78, 5) is 11.4. The number of hydrogen-bond acceptors (Lipinski definition) is 4. The first kappa shape index (κ1) is 12.1. The maximum atomic E-state index is 6.07. The quantitative estimate of drug-likeness (QED) is 0.769. The van der Waals surface area contributed by atoms with Gasteiger partial charge in [-0.05, 0) is 25.0 Å². The topological polar surface area (TPSA) is 51.8 Å². The molecule has 0 saturated heterocycles. The van der Waals surface area contributed by atoms with Gasteiger partial charge in [-0.2, -0.15) is 0 Å². The second kappa shape index (κ2) is 4.63. The van der Waals surface area contributed by atoms with E-state index in [1.54, 1.807) is 11.3 Å².